The minimum Gasteiger partial charge on any atom is -0.383 e. The van der Waals surface area contributed by atoms with Crippen molar-refractivity contribution in [3.63, 3.8) is 0 Å². The Morgan fingerprint density at radius 1 is 1.06 bits per heavy atom. The average molecular weight is 435 g/mol. The molecule has 3 aromatic rings. The molecule has 0 aliphatic rings. The largest absolute Gasteiger partial charge is 0.383 e. The molecule has 170 valence electrons. The van der Waals surface area contributed by atoms with Crippen LogP contribution >= 0.6 is 0 Å². The van der Waals surface area contributed by atoms with Crippen molar-refractivity contribution in [3.05, 3.63) is 77.1 Å². The lowest BCUT2D eigenvalue weighted by Crippen LogP contribution is -2.37. The lowest BCUT2D eigenvalue weighted by atomic mass is 10.1. The summed E-state index contributed by atoms with van der Waals surface area (Å²) in [5, 5.41) is 14.8. The van der Waals surface area contributed by atoms with Gasteiger partial charge in [-0.3, -0.25) is 0 Å². The van der Waals surface area contributed by atoms with Crippen LogP contribution in [-0.2, 0) is 17.8 Å². The van der Waals surface area contributed by atoms with E-state index in [1.807, 2.05) is 17.7 Å². The SMILES string of the molecule is CCNC(=NCc1ccc(NCCOC)cc1)NCc1ccccc1-n1nc(C)cc1C. The van der Waals surface area contributed by atoms with Gasteiger partial charge in [0.2, 0.25) is 0 Å². The average Bonchev–Trinajstić information content (AvgIpc) is 3.14. The summed E-state index contributed by atoms with van der Waals surface area (Å²) in [5.74, 6) is 0.790. The fraction of sp³-hybridized carbons (Fsp3) is 0.360. The fourth-order valence-electron chi connectivity index (χ4n) is 3.46. The summed E-state index contributed by atoms with van der Waals surface area (Å²) in [6.45, 7) is 9.70. The van der Waals surface area contributed by atoms with E-state index in [1.165, 1.54) is 0 Å². The first-order valence-electron chi connectivity index (χ1n) is 11.1. The van der Waals surface area contributed by atoms with Gasteiger partial charge in [0, 0.05) is 38.1 Å². The van der Waals surface area contributed by atoms with Crippen LogP contribution in [0.1, 0.15) is 29.4 Å². The molecule has 32 heavy (non-hydrogen) atoms. The van der Waals surface area contributed by atoms with Crippen molar-refractivity contribution < 1.29 is 4.74 Å². The summed E-state index contributed by atoms with van der Waals surface area (Å²) < 4.78 is 7.07. The summed E-state index contributed by atoms with van der Waals surface area (Å²) >= 11 is 0. The maximum Gasteiger partial charge on any atom is 0.191 e. The first-order chi connectivity index (χ1) is 15.6. The van der Waals surface area contributed by atoms with E-state index in [0.29, 0.717) is 19.7 Å². The minimum absolute atomic E-state index is 0.604. The Hall–Kier alpha value is -3.32. The second kappa shape index (κ2) is 11.9. The normalized spacial score (nSPS) is 11.4. The van der Waals surface area contributed by atoms with E-state index < -0.39 is 0 Å². The van der Waals surface area contributed by atoms with Gasteiger partial charge in [-0.15, -0.1) is 0 Å². The maximum absolute atomic E-state index is 5.07. The number of guanidine groups is 1. The first-order valence-corrected chi connectivity index (χ1v) is 11.1. The number of hydrogen-bond acceptors (Lipinski definition) is 4. The van der Waals surface area contributed by atoms with Crippen LogP contribution in [0.3, 0.4) is 0 Å². The number of benzene rings is 2. The van der Waals surface area contributed by atoms with Gasteiger partial charge in [-0.2, -0.15) is 5.10 Å². The number of anilines is 1. The molecule has 0 radical (unpaired) electrons. The highest BCUT2D eigenvalue weighted by Crippen LogP contribution is 2.17. The Morgan fingerprint density at radius 2 is 1.84 bits per heavy atom. The van der Waals surface area contributed by atoms with Gasteiger partial charge in [-0.05, 0) is 56.2 Å². The zero-order chi connectivity index (χ0) is 22.8. The van der Waals surface area contributed by atoms with Gasteiger partial charge in [0.1, 0.15) is 0 Å². The fourth-order valence-corrected chi connectivity index (χ4v) is 3.46. The van der Waals surface area contributed by atoms with E-state index in [2.05, 4.69) is 83.4 Å². The summed E-state index contributed by atoms with van der Waals surface area (Å²) in [6, 6.07) is 18.8. The molecule has 0 amide bonds. The standard InChI is InChI=1S/C25H34N6O/c1-5-26-25(28-17-21-10-12-23(13-11-21)27-14-15-32-4)29-18-22-8-6-7-9-24(22)31-20(3)16-19(2)30-31/h6-13,16,27H,5,14-15,17-18H2,1-4H3,(H2,26,28,29). The van der Waals surface area contributed by atoms with Crippen molar-refractivity contribution in [2.45, 2.75) is 33.9 Å². The summed E-state index contributed by atoms with van der Waals surface area (Å²) in [4.78, 5) is 4.76. The van der Waals surface area contributed by atoms with Crippen LogP contribution in [0, 0.1) is 13.8 Å². The number of methoxy groups -OCH3 is 1. The smallest absolute Gasteiger partial charge is 0.191 e. The number of aryl methyl sites for hydroxylation is 2. The molecule has 0 fully saturated rings. The third-order valence-corrected chi connectivity index (χ3v) is 5.03. The summed E-state index contributed by atoms with van der Waals surface area (Å²) in [7, 11) is 1.71. The van der Waals surface area contributed by atoms with E-state index in [9.17, 15) is 0 Å². The van der Waals surface area contributed by atoms with Gasteiger partial charge in [0.15, 0.2) is 5.96 Å². The number of aliphatic imine (C=N–C) groups is 1. The van der Waals surface area contributed by atoms with Crippen LogP contribution in [0.4, 0.5) is 5.69 Å². The molecule has 1 heterocycles. The van der Waals surface area contributed by atoms with Gasteiger partial charge in [0.05, 0.1) is 24.5 Å². The van der Waals surface area contributed by atoms with Gasteiger partial charge in [0.25, 0.3) is 0 Å². The van der Waals surface area contributed by atoms with Gasteiger partial charge in [-0.1, -0.05) is 30.3 Å². The van der Waals surface area contributed by atoms with E-state index in [4.69, 9.17) is 9.73 Å². The van der Waals surface area contributed by atoms with E-state index in [1.54, 1.807) is 7.11 Å². The van der Waals surface area contributed by atoms with Crippen LogP contribution in [0.15, 0.2) is 59.6 Å². The highest BCUT2D eigenvalue weighted by molar-refractivity contribution is 5.79. The monoisotopic (exact) mass is 434 g/mol. The zero-order valence-electron chi connectivity index (χ0n) is 19.5. The van der Waals surface area contributed by atoms with Crippen molar-refractivity contribution in [1.82, 2.24) is 20.4 Å². The summed E-state index contributed by atoms with van der Waals surface area (Å²) in [6.07, 6.45) is 0. The number of aromatic nitrogens is 2. The van der Waals surface area contributed by atoms with E-state index in [-0.39, 0.29) is 0 Å². The molecule has 0 atom stereocenters. The number of hydrogen-bond donors (Lipinski definition) is 3. The lowest BCUT2D eigenvalue weighted by Gasteiger charge is -2.15. The molecule has 0 unspecified atom stereocenters. The van der Waals surface area contributed by atoms with Crippen molar-refractivity contribution in [2.75, 3.05) is 32.1 Å². The third-order valence-electron chi connectivity index (χ3n) is 5.03. The molecule has 0 aliphatic heterocycles. The lowest BCUT2D eigenvalue weighted by molar-refractivity contribution is 0.211. The number of rotatable bonds is 10. The highest BCUT2D eigenvalue weighted by Gasteiger charge is 2.09. The van der Waals surface area contributed by atoms with Crippen molar-refractivity contribution in [1.29, 1.82) is 0 Å². The molecular formula is C25H34N6O. The molecule has 2 aromatic carbocycles. The molecule has 0 aliphatic carbocycles. The third kappa shape index (κ3) is 6.59. The molecule has 7 heteroatoms. The van der Waals surface area contributed by atoms with Crippen molar-refractivity contribution >= 4 is 11.6 Å². The molecular weight excluding hydrogens is 400 g/mol. The van der Waals surface area contributed by atoms with Crippen LogP contribution in [0.5, 0.6) is 0 Å². The molecule has 1 aromatic heterocycles. The van der Waals surface area contributed by atoms with E-state index >= 15 is 0 Å². The first kappa shape index (κ1) is 23.3. The topological polar surface area (TPSA) is 75.5 Å². The van der Waals surface area contributed by atoms with Gasteiger partial charge >= 0.3 is 0 Å². The van der Waals surface area contributed by atoms with Gasteiger partial charge < -0.3 is 20.7 Å². The Labute approximate surface area is 190 Å². The Kier molecular flexibility index (Phi) is 8.69. The Balaban J connectivity index is 1.65. The second-order valence-electron chi connectivity index (χ2n) is 7.63. The van der Waals surface area contributed by atoms with Crippen LogP contribution in [0.25, 0.3) is 5.69 Å². The molecule has 0 saturated carbocycles. The molecule has 0 spiro atoms. The Bertz CT molecular complexity index is 1010. The number of nitrogens with zero attached hydrogens (tertiary/aromatic N) is 3. The molecule has 7 nitrogen and oxygen atoms in total. The van der Waals surface area contributed by atoms with Crippen molar-refractivity contribution in [3.8, 4) is 5.69 Å². The highest BCUT2D eigenvalue weighted by atomic mass is 16.5. The molecule has 0 bridgehead atoms. The van der Waals surface area contributed by atoms with Crippen LogP contribution in [-0.4, -0.2) is 42.5 Å². The summed E-state index contributed by atoms with van der Waals surface area (Å²) in [5.41, 5.74) is 6.62. The Morgan fingerprint density at radius 3 is 2.53 bits per heavy atom. The van der Waals surface area contributed by atoms with Crippen molar-refractivity contribution in [2.24, 2.45) is 4.99 Å². The second-order valence-corrected chi connectivity index (χ2v) is 7.63. The quantitative estimate of drug-likeness (QED) is 0.257. The number of ether oxygens (including phenoxy) is 1. The predicted octanol–water partition coefficient (Wildman–Crippen LogP) is 3.80. The maximum atomic E-state index is 5.07. The number of nitrogens with one attached hydrogen (secondary N) is 3. The molecule has 3 N–H and O–H groups in total. The van der Waals surface area contributed by atoms with Crippen LogP contribution in [0.2, 0.25) is 0 Å². The van der Waals surface area contributed by atoms with Crippen LogP contribution < -0.4 is 16.0 Å². The van der Waals surface area contributed by atoms with Gasteiger partial charge in [-0.25, -0.2) is 9.67 Å². The number of para-hydroxylation sites is 1. The zero-order valence-corrected chi connectivity index (χ0v) is 19.5. The minimum atomic E-state index is 0.604. The molecule has 0 saturated heterocycles. The predicted molar refractivity (Wildman–Crippen MR) is 132 cm³/mol. The molecule has 3 rings (SSSR count). The van der Waals surface area contributed by atoms with E-state index in [0.717, 1.165) is 52.9 Å².